The molecule has 0 spiro atoms. The monoisotopic (exact) mass is 654 g/mol. The SMILES string of the molecule is COc1cc(OC)cc(-c2c(-c3ccccc3)c(-c3ccccc3)c(-c3cc(OC)cc(OC)c3)c(-c3ccccc3)c2-c2ccccc2)c1. The molecule has 0 aliphatic heterocycles. The minimum atomic E-state index is 0.710. The maximum atomic E-state index is 5.88. The van der Waals surface area contributed by atoms with Crippen LogP contribution in [-0.4, -0.2) is 28.4 Å². The minimum Gasteiger partial charge on any atom is -0.497 e. The molecule has 0 saturated heterocycles. The molecule has 4 nitrogen and oxygen atoms in total. The predicted octanol–water partition coefficient (Wildman–Crippen LogP) is 11.7. The van der Waals surface area contributed by atoms with E-state index in [1.54, 1.807) is 28.4 Å². The van der Waals surface area contributed by atoms with E-state index < -0.39 is 0 Å². The van der Waals surface area contributed by atoms with Crippen molar-refractivity contribution in [1.82, 2.24) is 0 Å². The van der Waals surface area contributed by atoms with Crippen LogP contribution in [0.5, 0.6) is 23.0 Å². The third-order valence-electron chi connectivity index (χ3n) is 9.03. The highest BCUT2D eigenvalue weighted by atomic mass is 16.5. The van der Waals surface area contributed by atoms with Crippen LogP contribution in [0.1, 0.15) is 0 Å². The molecular weight excluding hydrogens is 617 g/mol. The molecule has 7 aromatic carbocycles. The summed E-state index contributed by atoms with van der Waals surface area (Å²) in [5.74, 6) is 2.84. The number of benzene rings is 7. The first kappa shape index (κ1) is 32.3. The molecule has 0 aromatic heterocycles. The Hall–Kier alpha value is -6.26. The summed E-state index contributed by atoms with van der Waals surface area (Å²) in [5.41, 5.74) is 12.7. The lowest BCUT2D eigenvalue weighted by Gasteiger charge is -2.29. The van der Waals surface area contributed by atoms with Gasteiger partial charge >= 0.3 is 0 Å². The number of hydrogen-bond acceptors (Lipinski definition) is 4. The molecule has 0 radical (unpaired) electrons. The molecule has 0 aliphatic carbocycles. The third-order valence-corrected chi connectivity index (χ3v) is 9.03. The lowest BCUT2D eigenvalue weighted by Crippen LogP contribution is -2.03. The maximum absolute atomic E-state index is 5.88. The average molecular weight is 655 g/mol. The highest BCUT2D eigenvalue weighted by molar-refractivity contribution is 6.15. The molecule has 4 heteroatoms. The molecule has 7 aromatic rings. The zero-order valence-corrected chi connectivity index (χ0v) is 28.6. The first-order valence-electron chi connectivity index (χ1n) is 16.6. The second-order valence-corrected chi connectivity index (χ2v) is 11.9. The molecule has 0 unspecified atom stereocenters. The summed E-state index contributed by atoms with van der Waals surface area (Å²) in [5, 5.41) is 0. The highest BCUT2D eigenvalue weighted by Gasteiger charge is 2.30. The molecule has 50 heavy (non-hydrogen) atoms. The van der Waals surface area contributed by atoms with Gasteiger partial charge in [0.2, 0.25) is 0 Å². The van der Waals surface area contributed by atoms with Crippen LogP contribution in [0.2, 0.25) is 0 Å². The smallest absolute Gasteiger partial charge is 0.123 e. The van der Waals surface area contributed by atoms with E-state index >= 15 is 0 Å². The molecule has 0 heterocycles. The van der Waals surface area contributed by atoms with Crippen LogP contribution in [0.15, 0.2) is 158 Å². The number of hydrogen-bond donors (Lipinski definition) is 0. The Morgan fingerprint density at radius 3 is 0.640 bits per heavy atom. The largest absolute Gasteiger partial charge is 0.497 e. The van der Waals surface area contributed by atoms with Gasteiger partial charge in [0.15, 0.2) is 0 Å². The fourth-order valence-corrected chi connectivity index (χ4v) is 6.80. The van der Waals surface area contributed by atoms with Crippen LogP contribution in [0.4, 0.5) is 0 Å². The van der Waals surface area contributed by atoms with Crippen molar-refractivity contribution < 1.29 is 18.9 Å². The van der Waals surface area contributed by atoms with Crippen molar-refractivity contribution in [3.63, 3.8) is 0 Å². The van der Waals surface area contributed by atoms with Gasteiger partial charge in [-0.05, 0) is 91.0 Å². The van der Waals surface area contributed by atoms with E-state index in [2.05, 4.69) is 146 Å². The van der Waals surface area contributed by atoms with Gasteiger partial charge in [-0.3, -0.25) is 0 Å². The highest BCUT2D eigenvalue weighted by Crippen LogP contribution is 2.56. The number of ether oxygens (including phenoxy) is 4. The van der Waals surface area contributed by atoms with Gasteiger partial charge in [-0.1, -0.05) is 121 Å². The van der Waals surface area contributed by atoms with Crippen LogP contribution in [0.25, 0.3) is 66.8 Å². The van der Waals surface area contributed by atoms with Crippen molar-refractivity contribution in [2.45, 2.75) is 0 Å². The summed E-state index contributed by atoms with van der Waals surface area (Å²) in [4.78, 5) is 0. The van der Waals surface area contributed by atoms with E-state index in [4.69, 9.17) is 18.9 Å². The van der Waals surface area contributed by atoms with Gasteiger partial charge in [-0.25, -0.2) is 0 Å². The molecule has 0 amide bonds. The van der Waals surface area contributed by atoms with Crippen LogP contribution in [-0.2, 0) is 0 Å². The number of rotatable bonds is 10. The van der Waals surface area contributed by atoms with Crippen molar-refractivity contribution in [2.75, 3.05) is 28.4 Å². The third kappa shape index (κ3) is 6.20. The minimum absolute atomic E-state index is 0.710. The fraction of sp³-hybridized carbons (Fsp3) is 0.0870. The van der Waals surface area contributed by atoms with Crippen LogP contribution in [0.3, 0.4) is 0 Å². The van der Waals surface area contributed by atoms with Crippen LogP contribution < -0.4 is 18.9 Å². The summed E-state index contributed by atoms with van der Waals surface area (Å²) in [6, 6.07) is 54.8. The van der Waals surface area contributed by atoms with Gasteiger partial charge in [0, 0.05) is 12.1 Å². The van der Waals surface area contributed by atoms with Crippen LogP contribution >= 0.6 is 0 Å². The standard InChI is InChI=1S/C46H38O4/c1-47-37-25-35(26-38(29-37)48-2)45-41(31-17-9-5-10-18-31)43(33-21-13-7-14-22-33)46(36-27-39(49-3)30-40(28-36)50-4)44(34-23-15-8-16-24-34)42(45)32-19-11-6-12-20-32/h5-30H,1-4H3. The van der Waals surface area contributed by atoms with Crippen molar-refractivity contribution in [3.8, 4) is 89.8 Å². The summed E-state index contributed by atoms with van der Waals surface area (Å²) in [7, 11) is 6.77. The van der Waals surface area contributed by atoms with E-state index in [1.807, 2.05) is 12.1 Å². The Bertz CT molecular complexity index is 1920. The lowest BCUT2D eigenvalue weighted by molar-refractivity contribution is 0.394. The van der Waals surface area contributed by atoms with Crippen molar-refractivity contribution >= 4 is 0 Å². The van der Waals surface area contributed by atoms with Crippen molar-refractivity contribution in [1.29, 1.82) is 0 Å². The van der Waals surface area contributed by atoms with E-state index in [0.717, 1.165) is 66.8 Å². The first-order chi connectivity index (χ1) is 24.6. The van der Waals surface area contributed by atoms with E-state index in [0.29, 0.717) is 23.0 Å². The van der Waals surface area contributed by atoms with Gasteiger partial charge in [0.05, 0.1) is 28.4 Å². The zero-order valence-electron chi connectivity index (χ0n) is 28.6. The molecule has 246 valence electrons. The Kier molecular flexibility index (Phi) is 9.35. The second-order valence-electron chi connectivity index (χ2n) is 11.9. The molecule has 0 aliphatic rings. The Labute approximate surface area is 294 Å². The van der Waals surface area contributed by atoms with E-state index in [9.17, 15) is 0 Å². The Balaban J connectivity index is 1.83. The second kappa shape index (κ2) is 14.5. The fourth-order valence-electron chi connectivity index (χ4n) is 6.80. The molecule has 0 bridgehead atoms. The number of methoxy groups -OCH3 is 4. The summed E-state index contributed by atoms with van der Waals surface area (Å²) < 4.78 is 23.5. The van der Waals surface area contributed by atoms with E-state index in [1.165, 1.54) is 0 Å². The van der Waals surface area contributed by atoms with Crippen molar-refractivity contribution in [2.24, 2.45) is 0 Å². The summed E-state index contributed by atoms with van der Waals surface area (Å²) in [6.07, 6.45) is 0. The summed E-state index contributed by atoms with van der Waals surface area (Å²) >= 11 is 0. The molecule has 0 saturated carbocycles. The molecule has 7 rings (SSSR count). The van der Waals surface area contributed by atoms with Crippen molar-refractivity contribution in [3.05, 3.63) is 158 Å². The topological polar surface area (TPSA) is 36.9 Å². The lowest BCUT2D eigenvalue weighted by atomic mass is 9.74. The molecular formula is C46H38O4. The van der Waals surface area contributed by atoms with E-state index in [-0.39, 0.29) is 0 Å². The predicted molar refractivity (Wildman–Crippen MR) is 205 cm³/mol. The zero-order chi connectivity index (χ0) is 34.5. The molecule has 0 N–H and O–H groups in total. The van der Waals surface area contributed by atoms with Gasteiger partial charge in [0.1, 0.15) is 23.0 Å². The van der Waals surface area contributed by atoms with Crippen LogP contribution in [0, 0.1) is 0 Å². The van der Waals surface area contributed by atoms with Gasteiger partial charge in [0.25, 0.3) is 0 Å². The van der Waals surface area contributed by atoms with Gasteiger partial charge in [-0.15, -0.1) is 0 Å². The maximum Gasteiger partial charge on any atom is 0.123 e. The average Bonchev–Trinajstić information content (AvgIpc) is 3.20. The summed E-state index contributed by atoms with van der Waals surface area (Å²) in [6.45, 7) is 0. The van der Waals surface area contributed by atoms with Gasteiger partial charge < -0.3 is 18.9 Å². The quantitative estimate of drug-likeness (QED) is 0.147. The normalized spacial score (nSPS) is 10.8. The molecule has 0 atom stereocenters. The first-order valence-corrected chi connectivity index (χ1v) is 16.6. The Morgan fingerprint density at radius 2 is 0.440 bits per heavy atom. The molecule has 0 fully saturated rings. The Morgan fingerprint density at radius 1 is 0.240 bits per heavy atom. The van der Waals surface area contributed by atoms with Gasteiger partial charge in [-0.2, -0.15) is 0 Å².